The summed E-state index contributed by atoms with van der Waals surface area (Å²) in [6, 6.07) is 13.7. The van der Waals surface area contributed by atoms with Crippen molar-refractivity contribution in [3.05, 3.63) is 64.7 Å². The lowest BCUT2D eigenvalue weighted by Gasteiger charge is -2.26. The molecule has 1 fully saturated rings. The molecule has 2 aromatic carbocycles. The molecule has 1 aliphatic heterocycles. The van der Waals surface area contributed by atoms with Gasteiger partial charge in [-0.25, -0.2) is 0 Å². The molecule has 0 bridgehead atoms. The van der Waals surface area contributed by atoms with Crippen molar-refractivity contribution in [3.63, 3.8) is 0 Å². The second-order valence-corrected chi connectivity index (χ2v) is 8.82. The van der Waals surface area contributed by atoms with Crippen LogP contribution in [0.5, 0.6) is 5.75 Å². The third-order valence-corrected chi connectivity index (χ3v) is 5.44. The highest BCUT2D eigenvalue weighted by Gasteiger charge is 2.18. The summed E-state index contributed by atoms with van der Waals surface area (Å²) < 4.78 is 0. The molecule has 1 aliphatic rings. The first-order valence-electron chi connectivity index (χ1n) is 10.2. The van der Waals surface area contributed by atoms with Gasteiger partial charge in [0.05, 0.1) is 5.56 Å². The number of phenols is 1. The molecule has 0 unspecified atom stereocenters. The number of carbonyl (C=O) groups is 1. The second-order valence-electron chi connectivity index (χ2n) is 8.82. The molecule has 1 heterocycles. The molecule has 1 saturated heterocycles. The minimum Gasteiger partial charge on any atom is -0.507 e. The molecule has 1 amide bonds. The Hall–Kier alpha value is -2.33. The van der Waals surface area contributed by atoms with Crippen LogP contribution in [0.15, 0.2) is 42.5 Å². The summed E-state index contributed by atoms with van der Waals surface area (Å²) in [7, 11) is 0. The van der Waals surface area contributed by atoms with Crippen molar-refractivity contribution in [2.24, 2.45) is 0 Å². The Balaban J connectivity index is 1.58. The first-order chi connectivity index (χ1) is 13.3. The van der Waals surface area contributed by atoms with Crippen molar-refractivity contribution in [3.8, 4) is 5.75 Å². The Morgan fingerprint density at radius 2 is 1.64 bits per heavy atom. The van der Waals surface area contributed by atoms with Crippen LogP contribution < -0.4 is 5.32 Å². The summed E-state index contributed by atoms with van der Waals surface area (Å²) >= 11 is 0. The second kappa shape index (κ2) is 8.78. The van der Waals surface area contributed by atoms with Crippen LogP contribution in [0.25, 0.3) is 0 Å². The molecular formula is C24H32N2O2. The van der Waals surface area contributed by atoms with Gasteiger partial charge in [0.1, 0.15) is 5.75 Å². The summed E-state index contributed by atoms with van der Waals surface area (Å²) in [5.41, 5.74) is 3.65. The summed E-state index contributed by atoms with van der Waals surface area (Å²) in [5, 5.41) is 13.0. The van der Waals surface area contributed by atoms with E-state index in [9.17, 15) is 9.90 Å². The molecule has 4 heteroatoms. The van der Waals surface area contributed by atoms with Crippen molar-refractivity contribution < 1.29 is 9.90 Å². The van der Waals surface area contributed by atoms with Gasteiger partial charge in [0.15, 0.2) is 0 Å². The van der Waals surface area contributed by atoms with Gasteiger partial charge in [-0.1, -0.05) is 57.5 Å². The molecule has 0 aliphatic carbocycles. The largest absolute Gasteiger partial charge is 0.507 e. The predicted molar refractivity (Wildman–Crippen MR) is 114 cm³/mol. The number of hydrogen-bond donors (Lipinski definition) is 2. The average Bonchev–Trinajstić information content (AvgIpc) is 2.67. The van der Waals surface area contributed by atoms with Crippen LogP contribution in [0, 0.1) is 0 Å². The Morgan fingerprint density at radius 1 is 1.00 bits per heavy atom. The van der Waals surface area contributed by atoms with E-state index >= 15 is 0 Å². The van der Waals surface area contributed by atoms with Crippen LogP contribution in [0.3, 0.4) is 0 Å². The van der Waals surface area contributed by atoms with E-state index in [2.05, 4.69) is 55.3 Å². The monoisotopic (exact) mass is 380 g/mol. The van der Waals surface area contributed by atoms with Gasteiger partial charge in [0.25, 0.3) is 5.91 Å². The Labute approximate surface area is 168 Å². The zero-order valence-electron chi connectivity index (χ0n) is 17.3. The fraction of sp³-hybridized carbons (Fsp3) is 0.458. The quantitative estimate of drug-likeness (QED) is 0.797. The molecule has 0 aromatic heterocycles. The normalized spacial score (nSPS) is 15.4. The summed E-state index contributed by atoms with van der Waals surface area (Å²) in [6.07, 6.45) is 3.95. The van der Waals surface area contributed by atoms with E-state index in [1.165, 1.54) is 37.9 Å². The van der Waals surface area contributed by atoms with E-state index in [0.717, 1.165) is 17.7 Å². The van der Waals surface area contributed by atoms with Crippen molar-refractivity contribution in [2.45, 2.75) is 58.5 Å². The number of piperidine rings is 1. The average molecular weight is 381 g/mol. The minimum atomic E-state index is -0.249. The Kier molecular flexibility index (Phi) is 6.40. The van der Waals surface area contributed by atoms with Gasteiger partial charge in [-0.15, -0.1) is 0 Å². The van der Waals surface area contributed by atoms with Gasteiger partial charge in [0, 0.05) is 13.1 Å². The maximum Gasteiger partial charge on any atom is 0.255 e. The fourth-order valence-electron chi connectivity index (χ4n) is 3.60. The predicted octanol–water partition coefficient (Wildman–Crippen LogP) is 4.61. The van der Waals surface area contributed by atoms with Crippen LogP contribution >= 0.6 is 0 Å². The first kappa shape index (κ1) is 20.4. The number of amides is 1. The van der Waals surface area contributed by atoms with Crippen LogP contribution in [0.4, 0.5) is 0 Å². The van der Waals surface area contributed by atoms with Crippen molar-refractivity contribution in [1.29, 1.82) is 0 Å². The van der Waals surface area contributed by atoms with Gasteiger partial charge in [-0.2, -0.15) is 0 Å². The van der Waals surface area contributed by atoms with E-state index in [1.807, 2.05) is 6.07 Å². The minimum absolute atomic E-state index is 0.0161. The number of likely N-dealkylation sites (tertiary alicyclic amines) is 1. The molecule has 2 N–H and O–H groups in total. The van der Waals surface area contributed by atoms with Crippen molar-refractivity contribution >= 4 is 5.91 Å². The molecule has 4 nitrogen and oxygen atoms in total. The molecule has 0 radical (unpaired) electrons. The molecule has 2 aromatic rings. The summed E-state index contributed by atoms with van der Waals surface area (Å²) in [4.78, 5) is 15.1. The fourth-order valence-corrected chi connectivity index (χ4v) is 3.60. The van der Waals surface area contributed by atoms with Gasteiger partial charge in [-0.3, -0.25) is 9.69 Å². The van der Waals surface area contributed by atoms with E-state index in [-0.39, 0.29) is 17.1 Å². The lowest BCUT2D eigenvalue weighted by molar-refractivity contribution is 0.0948. The van der Waals surface area contributed by atoms with E-state index in [1.54, 1.807) is 12.1 Å². The maximum atomic E-state index is 12.6. The Morgan fingerprint density at radius 3 is 2.29 bits per heavy atom. The third-order valence-electron chi connectivity index (χ3n) is 5.44. The van der Waals surface area contributed by atoms with Gasteiger partial charge < -0.3 is 10.4 Å². The SMILES string of the molecule is CC(C)(C)c1ccc(O)c(C(=O)NCc2ccc(CN3CCCCC3)cc2)c1. The summed E-state index contributed by atoms with van der Waals surface area (Å²) in [5.74, 6) is -0.233. The van der Waals surface area contributed by atoms with Gasteiger partial charge in [0.2, 0.25) is 0 Å². The smallest absolute Gasteiger partial charge is 0.255 e. The lowest BCUT2D eigenvalue weighted by atomic mass is 9.86. The topological polar surface area (TPSA) is 52.6 Å². The maximum absolute atomic E-state index is 12.6. The van der Waals surface area contributed by atoms with Crippen LogP contribution in [0.1, 0.15) is 67.1 Å². The molecule has 3 rings (SSSR count). The molecule has 150 valence electrons. The van der Waals surface area contributed by atoms with Gasteiger partial charge >= 0.3 is 0 Å². The molecule has 0 atom stereocenters. The van der Waals surface area contributed by atoms with Gasteiger partial charge in [-0.05, 0) is 60.2 Å². The number of aromatic hydroxyl groups is 1. The number of nitrogens with zero attached hydrogens (tertiary/aromatic N) is 1. The zero-order valence-corrected chi connectivity index (χ0v) is 17.3. The number of benzene rings is 2. The lowest BCUT2D eigenvalue weighted by Crippen LogP contribution is -2.29. The van der Waals surface area contributed by atoms with Crippen LogP contribution in [0.2, 0.25) is 0 Å². The van der Waals surface area contributed by atoms with Crippen molar-refractivity contribution in [1.82, 2.24) is 10.2 Å². The summed E-state index contributed by atoms with van der Waals surface area (Å²) in [6.45, 7) is 10.1. The number of rotatable bonds is 5. The highest BCUT2D eigenvalue weighted by atomic mass is 16.3. The molecule has 0 spiro atoms. The highest BCUT2D eigenvalue weighted by molar-refractivity contribution is 5.97. The first-order valence-corrected chi connectivity index (χ1v) is 10.2. The number of phenolic OH excluding ortho intramolecular Hbond substituents is 1. The zero-order chi connectivity index (χ0) is 20.1. The van der Waals surface area contributed by atoms with Crippen LogP contribution in [-0.2, 0) is 18.5 Å². The molecule has 28 heavy (non-hydrogen) atoms. The van der Waals surface area contributed by atoms with E-state index in [0.29, 0.717) is 12.1 Å². The third kappa shape index (κ3) is 5.35. The van der Waals surface area contributed by atoms with E-state index in [4.69, 9.17) is 0 Å². The Bertz CT molecular complexity index is 800. The molecular weight excluding hydrogens is 348 g/mol. The van der Waals surface area contributed by atoms with E-state index < -0.39 is 0 Å². The van der Waals surface area contributed by atoms with Crippen LogP contribution in [-0.4, -0.2) is 29.0 Å². The van der Waals surface area contributed by atoms with Crippen molar-refractivity contribution in [2.75, 3.05) is 13.1 Å². The number of nitrogens with one attached hydrogen (secondary N) is 1. The molecule has 0 saturated carbocycles. The highest BCUT2D eigenvalue weighted by Crippen LogP contribution is 2.27. The standard InChI is InChI=1S/C24H32N2O2/c1-24(2,3)20-11-12-22(27)21(15-20)23(28)25-16-18-7-9-19(10-8-18)17-26-13-5-4-6-14-26/h7-12,15,27H,4-6,13-14,16-17H2,1-3H3,(H,25,28). The number of hydrogen-bond acceptors (Lipinski definition) is 3. The number of carbonyl (C=O) groups excluding carboxylic acids is 1.